The van der Waals surface area contributed by atoms with Crippen molar-refractivity contribution < 1.29 is 0 Å². The van der Waals surface area contributed by atoms with Gasteiger partial charge in [-0.3, -0.25) is 9.56 Å². The lowest BCUT2D eigenvalue weighted by molar-refractivity contribution is 0.509. The summed E-state index contributed by atoms with van der Waals surface area (Å²) in [6.07, 6.45) is 5.03. The van der Waals surface area contributed by atoms with Gasteiger partial charge in [-0.1, -0.05) is 13.0 Å². The van der Waals surface area contributed by atoms with E-state index in [0.717, 1.165) is 70.1 Å². The number of aryl methyl sites for hydroxylation is 2. The highest BCUT2D eigenvalue weighted by atomic mass is 127. The van der Waals surface area contributed by atoms with E-state index in [9.17, 15) is 4.79 Å². The number of nitrogens with one attached hydrogen (secondary N) is 2. The van der Waals surface area contributed by atoms with Crippen molar-refractivity contribution in [3.63, 3.8) is 0 Å². The second-order valence-electron chi connectivity index (χ2n) is 7.42. The molecule has 2 aromatic rings. The average molecular weight is 532 g/mol. The van der Waals surface area contributed by atoms with Crippen molar-refractivity contribution in [3.05, 3.63) is 38.7 Å². The van der Waals surface area contributed by atoms with E-state index in [2.05, 4.69) is 47.1 Å². The molecule has 162 valence electrons. The lowest BCUT2D eigenvalue weighted by atomic mass is 10.1. The van der Waals surface area contributed by atoms with Crippen LogP contribution < -0.4 is 16.3 Å². The maximum atomic E-state index is 12.4. The summed E-state index contributed by atoms with van der Waals surface area (Å²) < 4.78 is 3.45. The number of guanidine groups is 1. The highest BCUT2D eigenvalue weighted by molar-refractivity contribution is 14.0. The van der Waals surface area contributed by atoms with Gasteiger partial charge < -0.3 is 10.6 Å². The topological polar surface area (TPSA) is 76.2 Å². The third-order valence-electron chi connectivity index (χ3n) is 4.91. The predicted molar refractivity (Wildman–Crippen MR) is 131 cm³/mol. The molecule has 0 radical (unpaired) electrons. The zero-order valence-corrected chi connectivity index (χ0v) is 20.5. The zero-order chi connectivity index (χ0) is 19.8. The Morgan fingerprint density at radius 1 is 1.38 bits per heavy atom. The SMILES string of the molecule is CCNC(=NCC(C)Cc1cccs1)NCCCn1nc2n(c1=O)CCCC2.I. The summed E-state index contributed by atoms with van der Waals surface area (Å²) in [4.78, 5) is 18.5. The first-order chi connectivity index (χ1) is 13.7. The molecule has 0 saturated heterocycles. The molecule has 0 aromatic carbocycles. The molecule has 29 heavy (non-hydrogen) atoms. The van der Waals surface area contributed by atoms with Crippen LogP contribution in [0.15, 0.2) is 27.3 Å². The fourth-order valence-corrected chi connectivity index (χ4v) is 4.33. The molecule has 1 unspecified atom stereocenters. The molecule has 2 N–H and O–H groups in total. The highest BCUT2D eigenvalue weighted by Gasteiger charge is 2.16. The van der Waals surface area contributed by atoms with Gasteiger partial charge in [-0.25, -0.2) is 9.48 Å². The summed E-state index contributed by atoms with van der Waals surface area (Å²) in [7, 11) is 0. The average Bonchev–Trinajstić information content (AvgIpc) is 3.31. The quantitative estimate of drug-likeness (QED) is 0.226. The van der Waals surface area contributed by atoms with Crippen LogP contribution in [0.25, 0.3) is 0 Å². The molecule has 0 aliphatic carbocycles. The Balaban J connectivity index is 0.00000300. The lowest BCUT2D eigenvalue weighted by Gasteiger charge is -2.13. The van der Waals surface area contributed by atoms with Gasteiger partial charge in [0.2, 0.25) is 0 Å². The Bertz CT molecular complexity index is 814. The van der Waals surface area contributed by atoms with Crippen molar-refractivity contribution in [3.8, 4) is 0 Å². The minimum absolute atomic E-state index is 0. The van der Waals surface area contributed by atoms with Gasteiger partial charge in [0.15, 0.2) is 5.96 Å². The highest BCUT2D eigenvalue weighted by Crippen LogP contribution is 2.14. The molecule has 0 amide bonds. The maximum Gasteiger partial charge on any atom is 0.345 e. The van der Waals surface area contributed by atoms with Crippen LogP contribution >= 0.6 is 35.3 Å². The van der Waals surface area contributed by atoms with Crippen LogP contribution in [-0.2, 0) is 25.9 Å². The Morgan fingerprint density at radius 2 is 2.24 bits per heavy atom. The zero-order valence-electron chi connectivity index (χ0n) is 17.4. The molecule has 0 spiro atoms. The largest absolute Gasteiger partial charge is 0.357 e. The number of thiophene rings is 1. The number of aromatic nitrogens is 3. The molecule has 1 aliphatic heterocycles. The Morgan fingerprint density at radius 3 is 2.97 bits per heavy atom. The maximum absolute atomic E-state index is 12.4. The van der Waals surface area contributed by atoms with E-state index >= 15 is 0 Å². The van der Waals surface area contributed by atoms with Gasteiger partial charge in [0, 0.05) is 44.0 Å². The lowest BCUT2D eigenvalue weighted by Crippen LogP contribution is -2.38. The number of hydrogen-bond acceptors (Lipinski definition) is 4. The first-order valence-corrected chi connectivity index (χ1v) is 11.3. The molecule has 3 rings (SSSR count). The van der Waals surface area contributed by atoms with Crippen LogP contribution in [0.1, 0.15) is 43.8 Å². The fourth-order valence-electron chi connectivity index (χ4n) is 3.46. The monoisotopic (exact) mass is 532 g/mol. The van der Waals surface area contributed by atoms with Crippen LogP contribution in [0.3, 0.4) is 0 Å². The fraction of sp³-hybridized carbons (Fsp3) is 0.650. The van der Waals surface area contributed by atoms with Crippen LogP contribution in [-0.4, -0.2) is 39.9 Å². The van der Waals surface area contributed by atoms with Gasteiger partial charge in [0.25, 0.3) is 0 Å². The Kier molecular flexibility index (Phi) is 10.2. The van der Waals surface area contributed by atoms with Crippen LogP contribution in [0.2, 0.25) is 0 Å². The van der Waals surface area contributed by atoms with Crippen molar-refractivity contribution in [2.24, 2.45) is 10.9 Å². The molecule has 2 aromatic heterocycles. The van der Waals surface area contributed by atoms with Gasteiger partial charge in [0.1, 0.15) is 5.82 Å². The van der Waals surface area contributed by atoms with Crippen molar-refractivity contribution in [1.82, 2.24) is 25.0 Å². The molecule has 0 saturated carbocycles. The second kappa shape index (κ2) is 12.4. The Labute approximate surface area is 194 Å². The van der Waals surface area contributed by atoms with Gasteiger partial charge >= 0.3 is 5.69 Å². The molecule has 3 heterocycles. The van der Waals surface area contributed by atoms with E-state index in [4.69, 9.17) is 4.99 Å². The van der Waals surface area contributed by atoms with Gasteiger partial charge in [0.05, 0.1) is 0 Å². The second-order valence-corrected chi connectivity index (χ2v) is 8.45. The van der Waals surface area contributed by atoms with Crippen molar-refractivity contribution in [1.29, 1.82) is 0 Å². The summed E-state index contributed by atoms with van der Waals surface area (Å²) >= 11 is 1.81. The number of hydrogen-bond donors (Lipinski definition) is 2. The van der Waals surface area contributed by atoms with E-state index in [1.54, 1.807) is 16.0 Å². The summed E-state index contributed by atoms with van der Waals surface area (Å²) in [5, 5.41) is 13.3. The standard InChI is InChI=1S/C20H32N6OS.HI/c1-3-21-19(23-15-16(2)14-17-8-6-13-28-17)22-10-7-12-26-20(27)25-11-5-4-9-18(25)24-26;/h6,8,13,16H,3-5,7,9-12,14-15H2,1-2H3,(H2,21,22,23);1H. The van der Waals surface area contributed by atoms with E-state index in [1.165, 1.54) is 4.88 Å². The number of aliphatic imine (C=N–C) groups is 1. The predicted octanol–water partition coefficient (Wildman–Crippen LogP) is 2.88. The molecule has 0 bridgehead atoms. The molecule has 0 fully saturated rings. The van der Waals surface area contributed by atoms with E-state index in [0.29, 0.717) is 12.5 Å². The van der Waals surface area contributed by atoms with Gasteiger partial charge in [-0.15, -0.1) is 35.3 Å². The summed E-state index contributed by atoms with van der Waals surface area (Å²) in [6, 6.07) is 4.29. The van der Waals surface area contributed by atoms with E-state index in [-0.39, 0.29) is 29.7 Å². The third kappa shape index (κ3) is 7.13. The van der Waals surface area contributed by atoms with E-state index in [1.807, 2.05) is 4.57 Å². The molecular formula is C20H33IN6OS. The van der Waals surface area contributed by atoms with Crippen molar-refractivity contribution in [2.45, 2.75) is 59.0 Å². The van der Waals surface area contributed by atoms with Crippen molar-refractivity contribution >= 4 is 41.3 Å². The van der Waals surface area contributed by atoms with Crippen LogP contribution in [0, 0.1) is 5.92 Å². The Hall–Kier alpha value is -1.36. The minimum Gasteiger partial charge on any atom is -0.357 e. The molecule has 1 atom stereocenters. The van der Waals surface area contributed by atoms with Crippen LogP contribution in [0.5, 0.6) is 0 Å². The smallest absolute Gasteiger partial charge is 0.345 e. The number of halogens is 1. The normalized spacial score (nSPS) is 14.8. The van der Waals surface area contributed by atoms with Gasteiger partial charge in [-0.05, 0) is 50.0 Å². The van der Waals surface area contributed by atoms with E-state index < -0.39 is 0 Å². The van der Waals surface area contributed by atoms with Crippen LogP contribution in [0.4, 0.5) is 0 Å². The van der Waals surface area contributed by atoms with Crippen molar-refractivity contribution in [2.75, 3.05) is 19.6 Å². The van der Waals surface area contributed by atoms with Gasteiger partial charge in [-0.2, -0.15) is 5.10 Å². The first-order valence-electron chi connectivity index (χ1n) is 10.4. The molecular weight excluding hydrogens is 499 g/mol. The summed E-state index contributed by atoms with van der Waals surface area (Å²) in [5.41, 5.74) is 0.0395. The first kappa shape index (κ1) is 23.9. The molecule has 1 aliphatic rings. The molecule has 9 heteroatoms. The minimum atomic E-state index is 0. The number of nitrogens with zero attached hydrogens (tertiary/aromatic N) is 4. The number of fused-ring (bicyclic) bond motifs is 1. The summed E-state index contributed by atoms with van der Waals surface area (Å²) in [6.45, 7) is 8.15. The molecule has 7 nitrogen and oxygen atoms in total. The number of rotatable bonds is 9. The summed E-state index contributed by atoms with van der Waals surface area (Å²) in [5.74, 6) is 2.29. The third-order valence-corrected chi connectivity index (χ3v) is 5.80.